The minimum Gasteiger partial charge on any atom is -0.409 e. The van der Waals surface area contributed by atoms with Crippen LogP contribution in [0.3, 0.4) is 0 Å². The summed E-state index contributed by atoms with van der Waals surface area (Å²) in [5.41, 5.74) is 0.201. The Morgan fingerprint density at radius 1 is 0.889 bits per heavy atom. The van der Waals surface area contributed by atoms with E-state index in [0.29, 0.717) is 6.54 Å². The van der Waals surface area contributed by atoms with Gasteiger partial charge < -0.3 is 9.64 Å². The van der Waals surface area contributed by atoms with Crippen molar-refractivity contribution in [1.82, 2.24) is 4.90 Å². The van der Waals surface area contributed by atoms with E-state index in [9.17, 15) is 14.4 Å². The van der Waals surface area contributed by atoms with Gasteiger partial charge in [-0.2, -0.15) is 0 Å². The molecule has 0 atom stereocenters. The summed E-state index contributed by atoms with van der Waals surface area (Å²) < 4.78 is 5.32. The molecule has 0 heterocycles. The van der Waals surface area contributed by atoms with Gasteiger partial charge in [0.1, 0.15) is 11.3 Å². The lowest BCUT2D eigenvalue weighted by Gasteiger charge is -2.24. The summed E-state index contributed by atoms with van der Waals surface area (Å²) in [5.74, 6) is -1.74. The number of hydrogen-bond acceptors (Lipinski definition) is 6. The Hall–Kier alpha value is -3.35. The first-order valence-electron chi connectivity index (χ1n) is 8.49. The Labute approximate surface area is 157 Å². The predicted octanol–water partition coefficient (Wildman–Crippen LogP) is 3.84. The molecule has 142 valence electrons. The van der Waals surface area contributed by atoms with E-state index in [1.807, 2.05) is 20.8 Å². The summed E-state index contributed by atoms with van der Waals surface area (Å²) in [6.07, 6.45) is -0.589. The number of hydrogen-bond donors (Lipinski definition) is 0. The van der Waals surface area contributed by atoms with Gasteiger partial charge in [-0.15, -0.1) is 0 Å². The molecule has 0 aliphatic heterocycles. The second-order valence-electron chi connectivity index (χ2n) is 5.85. The standard InChI is InChI=1S/C20H21NO6/c1-4-21(14(2)3)20(24)25-17-13-9-8-12-16(17)19(23)27-26-18(22)15-10-6-5-7-11-15/h5-14H,4H2,1-3H3. The highest BCUT2D eigenvalue weighted by Crippen LogP contribution is 2.20. The predicted molar refractivity (Wildman–Crippen MR) is 97.3 cm³/mol. The molecule has 2 aromatic rings. The maximum atomic E-state index is 12.3. The first-order valence-corrected chi connectivity index (χ1v) is 8.49. The van der Waals surface area contributed by atoms with Crippen LogP contribution in [0.5, 0.6) is 5.75 Å². The third-order valence-electron chi connectivity index (χ3n) is 3.71. The number of amides is 1. The monoisotopic (exact) mass is 371 g/mol. The molecule has 0 fully saturated rings. The molecule has 0 unspecified atom stereocenters. The average molecular weight is 371 g/mol. The molecule has 7 heteroatoms. The third-order valence-corrected chi connectivity index (χ3v) is 3.71. The maximum Gasteiger partial charge on any atom is 0.415 e. The molecule has 2 rings (SSSR count). The van der Waals surface area contributed by atoms with Crippen LogP contribution in [0.4, 0.5) is 4.79 Å². The van der Waals surface area contributed by atoms with Gasteiger partial charge in [-0.05, 0) is 45.0 Å². The van der Waals surface area contributed by atoms with Crippen LogP contribution in [0, 0.1) is 0 Å². The quantitative estimate of drug-likeness (QED) is 0.587. The zero-order valence-electron chi connectivity index (χ0n) is 15.4. The second-order valence-corrected chi connectivity index (χ2v) is 5.85. The molecule has 7 nitrogen and oxygen atoms in total. The summed E-state index contributed by atoms with van der Waals surface area (Å²) in [7, 11) is 0. The maximum absolute atomic E-state index is 12.3. The van der Waals surface area contributed by atoms with Crippen LogP contribution in [-0.2, 0) is 9.78 Å². The van der Waals surface area contributed by atoms with Gasteiger partial charge in [0.25, 0.3) is 0 Å². The second kappa shape index (κ2) is 9.38. The lowest BCUT2D eigenvalue weighted by atomic mass is 10.2. The van der Waals surface area contributed by atoms with Gasteiger partial charge in [0.05, 0.1) is 5.56 Å². The number of carbonyl (C=O) groups excluding carboxylic acids is 3. The van der Waals surface area contributed by atoms with E-state index in [1.165, 1.54) is 29.2 Å². The van der Waals surface area contributed by atoms with Crippen molar-refractivity contribution in [3.63, 3.8) is 0 Å². The Kier molecular flexibility index (Phi) is 6.93. The highest BCUT2D eigenvalue weighted by atomic mass is 17.2. The van der Waals surface area contributed by atoms with Crippen molar-refractivity contribution in [2.24, 2.45) is 0 Å². The lowest BCUT2D eigenvalue weighted by molar-refractivity contribution is -0.187. The summed E-state index contributed by atoms with van der Waals surface area (Å²) in [5, 5.41) is 0. The number of carbonyl (C=O) groups is 3. The van der Waals surface area contributed by atoms with Gasteiger partial charge in [-0.1, -0.05) is 30.3 Å². The molecular weight excluding hydrogens is 350 g/mol. The van der Waals surface area contributed by atoms with Crippen molar-refractivity contribution in [2.45, 2.75) is 26.8 Å². The molecule has 0 aliphatic rings. The highest BCUT2D eigenvalue weighted by molar-refractivity contribution is 5.94. The van der Waals surface area contributed by atoms with Gasteiger partial charge in [-0.25, -0.2) is 24.2 Å². The van der Waals surface area contributed by atoms with E-state index >= 15 is 0 Å². The smallest absolute Gasteiger partial charge is 0.409 e. The SMILES string of the molecule is CCN(C(=O)Oc1ccccc1C(=O)OOC(=O)c1ccccc1)C(C)C. The van der Waals surface area contributed by atoms with E-state index in [-0.39, 0.29) is 22.9 Å². The van der Waals surface area contributed by atoms with Crippen molar-refractivity contribution < 1.29 is 28.9 Å². The molecule has 0 N–H and O–H groups in total. The summed E-state index contributed by atoms with van der Waals surface area (Å²) in [6.45, 7) is 5.99. The molecule has 0 spiro atoms. The minimum atomic E-state index is -0.949. The van der Waals surface area contributed by atoms with Crippen molar-refractivity contribution in [3.05, 3.63) is 65.7 Å². The Bertz CT molecular complexity index is 803. The Morgan fingerprint density at radius 3 is 2.11 bits per heavy atom. The fourth-order valence-electron chi connectivity index (χ4n) is 2.32. The zero-order valence-corrected chi connectivity index (χ0v) is 15.4. The van der Waals surface area contributed by atoms with Crippen molar-refractivity contribution in [2.75, 3.05) is 6.54 Å². The van der Waals surface area contributed by atoms with E-state index in [4.69, 9.17) is 4.74 Å². The molecule has 0 aliphatic carbocycles. The number of rotatable bonds is 5. The Balaban J connectivity index is 2.07. The molecule has 0 saturated carbocycles. The highest BCUT2D eigenvalue weighted by Gasteiger charge is 2.22. The fourth-order valence-corrected chi connectivity index (χ4v) is 2.32. The molecule has 0 radical (unpaired) electrons. The number of nitrogens with zero attached hydrogens (tertiary/aromatic N) is 1. The topological polar surface area (TPSA) is 82.1 Å². The summed E-state index contributed by atoms with van der Waals surface area (Å²) in [4.78, 5) is 47.1. The molecule has 27 heavy (non-hydrogen) atoms. The Morgan fingerprint density at radius 2 is 1.48 bits per heavy atom. The zero-order chi connectivity index (χ0) is 19.8. The minimum absolute atomic E-state index is 0.0161. The van der Waals surface area contributed by atoms with Crippen LogP contribution < -0.4 is 4.74 Å². The van der Waals surface area contributed by atoms with Crippen LogP contribution in [0.2, 0.25) is 0 Å². The molecule has 2 aromatic carbocycles. The van der Waals surface area contributed by atoms with Gasteiger partial charge in [0.2, 0.25) is 0 Å². The van der Waals surface area contributed by atoms with E-state index in [1.54, 1.807) is 30.3 Å². The molecule has 0 saturated heterocycles. The van der Waals surface area contributed by atoms with Crippen molar-refractivity contribution >= 4 is 18.0 Å². The first-order chi connectivity index (χ1) is 12.9. The van der Waals surface area contributed by atoms with Crippen molar-refractivity contribution in [1.29, 1.82) is 0 Å². The molecule has 1 amide bonds. The fraction of sp³-hybridized carbons (Fsp3) is 0.250. The first kappa shape index (κ1) is 20.0. The van der Waals surface area contributed by atoms with Crippen molar-refractivity contribution in [3.8, 4) is 5.75 Å². The van der Waals surface area contributed by atoms with E-state index < -0.39 is 18.0 Å². The average Bonchev–Trinajstić information content (AvgIpc) is 2.67. The molecular formula is C20H21NO6. The van der Waals surface area contributed by atoms with Gasteiger partial charge >= 0.3 is 18.0 Å². The van der Waals surface area contributed by atoms with Crippen LogP contribution in [-0.4, -0.2) is 35.5 Å². The number of ether oxygens (including phenoxy) is 1. The number of benzene rings is 2. The number of para-hydroxylation sites is 1. The van der Waals surface area contributed by atoms with Crippen LogP contribution in [0.15, 0.2) is 54.6 Å². The normalized spacial score (nSPS) is 10.2. The molecule has 0 aromatic heterocycles. The van der Waals surface area contributed by atoms with Crippen LogP contribution in [0.25, 0.3) is 0 Å². The van der Waals surface area contributed by atoms with E-state index in [2.05, 4.69) is 9.78 Å². The van der Waals surface area contributed by atoms with Gasteiger partial charge in [0.15, 0.2) is 0 Å². The summed E-state index contributed by atoms with van der Waals surface area (Å²) in [6, 6.07) is 14.1. The largest absolute Gasteiger partial charge is 0.415 e. The van der Waals surface area contributed by atoms with Gasteiger partial charge in [-0.3, -0.25) is 0 Å². The molecule has 0 bridgehead atoms. The van der Waals surface area contributed by atoms with Crippen LogP contribution >= 0.6 is 0 Å². The summed E-state index contributed by atoms with van der Waals surface area (Å²) >= 11 is 0. The third kappa shape index (κ3) is 5.31. The van der Waals surface area contributed by atoms with E-state index in [0.717, 1.165) is 0 Å². The lowest BCUT2D eigenvalue weighted by Crippen LogP contribution is -2.38. The van der Waals surface area contributed by atoms with Gasteiger partial charge in [0, 0.05) is 12.6 Å². The van der Waals surface area contributed by atoms with Crippen LogP contribution in [0.1, 0.15) is 41.5 Å².